The third-order valence-corrected chi connectivity index (χ3v) is 11.6. The molecule has 0 aliphatic rings. The number of benzene rings is 8. The number of hydrogen-bond acceptors (Lipinski definition) is 6. The lowest BCUT2D eigenvalue weighted by Crippen LogP contribution is -2.00. The monoisotopic (exact) mass is 786 g/mol. The standard InChI is InChI=1S/C54H26N8/c55-27-33-9-17-43(41(21-33)31-59)37-15-19-47-45-5-1-3-7-49(45)61(53(47)25-37)51-23-35(11-13-39(51)29-57)36-12-14-40(30-58)52(24-36)62-50-8-4-2-6-46(50)48-20-16-38(26-54(48)62)44-18-10-34(28-56)22-42(44)32-60/h1-26H. The van der Waals surface area contributed by atoms with Gasteiger partial charge in [-0.25, -0.2) is 0 Å². The highest BCUT2D eigenvalue weighted by Gasteiger charge is 2.20. The molecule has 10 aromatic rings. The Kier molecular flexibility index (Phi) is 8.62. The number of aromatic nitrogens is 2. The van der Waals surface area contributed by atoms with E-state index >= 15 is 0 Å². The number of para-hydroxylation sites is 2. The van der Waals surface area contributed by atoms with Gasteiger partial charge in [0.25, 0.3) is 0 Å². The minimum Gasteiger partial charge on any atom is -0.308 e. The van der Waals surface area contributed by atoms with Gasteiger partial charge in [0.15, 0.2) is 0 Å². The van der Waals surface area contributed by atoms with E-state index in [0.29, 0.717) is 55.9 Å². The minimum absolute atomic E-state index is 0.392. The van der Waals surface area contributed by atoms with E-state index in [2.05, 4.69) is 57.7 Å². The van der Waals surface area contributed by atoms with Gasteiger partial charge in [0.05, 0.1) is 91.1 Å². The predicted molar refractivity (Wildman–Crippen MR) is 240 cm³/mol. The maximum absolute atomic E-state index is 10.6. The molecule has 0 bridgehead atoms. The van der Waals surface area contributed by atoms with Crippen molar-refractivity contribution in [3.8, 4) is 81.2 Å². The smallest absolute Gasteiger partial charge is 0.101 e. The molecule has 0 amide bonds. The number of rotatable bonds is 5. The molecule has 0 saturated carbocycles. The Labute approximate surface area is 355 Å². The molecule has 0 fully saturated rings. The zero-order valence-corrected chi connectivity index (χ0v) is 32.6. The van der Waals surface area contributed by atoms with Crippen LogP contribution in [0.3, 0.4) is 0 Å². The number of nitrogens with zero attached hydrogens (tertiary/aromatic N) is 8. The topological polar surface area (TPSA) is 153 Å². The Morgan fingerprint density at radius 2 is 0.677 bits per heavy atom. The second-order valence-electron chi connectivity index (χ2n) is 14.8. The number of hydrogen-bond donors (Lipinski definition) is 0. The summed E-state index contributed by atoms with van der Waals surface area (Å²) in [4.78, 5) is 0. The summed E-state index contributed by atoms with van der Waals surface area (Å²) >= 11 is 0. The molecule has 8 aromatic carbocycles. The Hall–Kier alpha value is -9.70. The molecule has 2 aromatic heterocycles. The van der Waals surface area contributed by atoms with Gasteiger partial charge in [-0.15, -0.1) is 0 Å². The van der Waals surface area contributed by atoms with E-state index < -0.39 is 0 Å². The molecule has 0 N–H and O–H groups in total. The average Bonchev–Trinajstić information content (AvgIpc) is 3.85. The molecule has 0 saturated heterocycles. The van der Waals surface area contributed by atoms with E-state index in [4.69, 9.17) is 0 Å². The van der Waals surface area contributed by atoms with E-state index in [1.54, 1.807) is 36.4 Å². The van der Waals surface area contributed by atoms with E-state index in [-0.39, 0.29) is 0 Å². The van der Waals surface area contributed by atoms with Gasteiger partial charge in [-0.3, -0.25) is 0 Å². The molecule has 0 spiro atoms. The fraction of sp³-hybridized carbons (Fsp3) is 0. The third kappa shape index (κ3) is 5.71. The quantitative estimate of drug-likeness (QED) is 0.169. The Morgan fingerprint density at radius 3 is 1.08 bits per heavy atom. The van der Waals surface area contributed by atoms with Crippen molar-refractivity contribution in [2.75, 3.05) is 0 Å². The van der Waals surface area contributed by atoms with E-state index in [9.17, 15) is 31.6 Å². The lowest BCUT2D eigenvalue weighted by molar-refractivity contribution is 1.16. The number of nitriles is 6. The van der Waals surface area contributed by atoms with Crippen molar-refractivity contribution in [2.45, 2.75) is 0 Å². The molecule has 2 heterocycles. The maximum Gasteiger partial charge on any atom is 0.101 e. The van der Waals surface area contributed by atoms with Gasteiger partial charge in [0.2, 0.25) is 0 Å². The lowest BCUT2D eigenvalue weighted by atomic mass is 9.97. The molecular formula is C54H26N8. The van der Waals surface area contributed by atoms with Crippen molar-refractivity contribution in [1.82, 2.24) is 9.13 Å². The van der Waals surface area contributed by atoms with E-state index in [1.807, 2.05) is 109 Å². The molecule has 282 valence electrons. The van der Waals surface area contributed by atoms with E-state index in [0.717, 1.165) is 65.9 Å². The third-order valence-electron chi connectivity index (χ3n) is 11.6. The highest BCUT2D eigenvalue weighted by molar-refractivity contribution is 6.12. The van der Waals surface area contributed by atoms with Crippen molar-refractivity contribution >= 4 is 43.6 Å². The van der Waals surface area contributed by atoms with Crippen LogP contribution in [-0.2, 0) is 0 Å². The highest BCUT2D eigenvalue weighted by atomic mass is 15.0. The maximum atomic E-state index is 10.6. The molecular weight excluding hydrogens is 761 g/mol. The largest absolute Gasteiger partial charge is 0.308 e. The molecule has 8 nitrogen and oxygen atoms in total. The van der Waals surface area contributed by atoms with Crippen LogP contribution in [0.2, 0.25) is 0 Å². The predicted octanol–water partition coefficient (Wildman–Crippen LogP) is 12.1. The van der Waals surface area contributed by atoms with Gasteiger partial charge in [-0.1, -0.05) is 84.9 Å². The van der Waals surface area contributed by atoms with Crippen LogP contribution in [0.1, 0.15) is 33.4 Å². The molecule has 0 radical (unpaired) electrons. The van der Waals surface area contributed by atoms with Crippen molar-refractivity contribution < 1.29 is 0 Å². The zero-order valence-electron chi connectivity index (χ0n) is 32.6. The first-order valence-corrected chi connectivity index (χ1v) is 19.5. The first kappa shape index (κ1) is 36.6. The van der Waals surface area contributed by atoms with Crippen LogP contribution in [0, 0.1) is 68.0 Å². The normalized spacial score (nSPS) is 10.8. The summed E-state index contributed by atoms with van der Waals surface area (Å²) in [6, 6.07) is 63.4. The van der Waals surface area contributed by atoms with Crippen LogP contribution in [0.5, 0.6) is 0 Å². The van der Waals surface area contributed by atoms with Crippen LogP contribution < -0.4 is 0 Å². The van der Waals surface area contributed by atoms with Crippen molar-refractivity contribution in [2.24, 2.45) is 0 Å². The highest BCUT2D eigenvalue weighted by Crippen LogP contribution is 2.40. The summed E-state index contributed by atoms with van der Waals surface area (Å²) in [7, 11) is 0. The fourth-order valence-electron chi connectivity index (χ4n) is 8.69. The van der Waals surface area contributed by atoms with Crippen LogP contribution >= 0.6 is 0 Å². The zero-order chi connectivity index (χ0) is 42.5. The molecule has 62 heavy (non-hydrogen) atoms. The Balaban J connectivity index is 1.18. The van der Waals surface area contributed by atoms with Crippen molar-refractivity contribution in [1.29, 1.82) is 31.6 Å². The van der Waals surface area contributed by atoms with Crippen LogP contribution in [0.4, 0.5) is 0 Å². The first-order chi connectivity index (χ1) is 30.5. The second-order valence-corrected chi connectivity index (χ2v) is 14.8. The molecule has 0 unspecified atom stereocenters. The minimum atomic E-state index is 0.392. The van der Waals surface area contributed by atoms with Crippen LogP contribution in [0.15, 0.2) is 158 Å². The summed E-state index contributed by atoms with van der Waals surface area (Å²) in [5, 5.41) is 64.2. The summed E-state index contributed by atoms with van der Waals surface area (Å²) in [5.74, 6) is 0. The van der Waals surface area contributed by atoms with Gasteiger partial charge >= 0.3 is 0 Å². The number of fused-ring (bicyclic) bond motifs is 6. The fourth-order valence-corrected chi connectivity index (χ4v) is 8.69. The summed E-state index contributed by atoms with van der Waals surface area (Å²) in [6.07, 6.45) is 0. The van der Waals surface area contributed by atoms with E-state index in [1.165, 1.54) is 0 Å². The SMILES string of the molecule is N#Cc1ccc(-c2ccc3c4ccccc4n(-c4cc(-c5ccc(C#N)c(-n6c7ccccc7c7ccc(-c8ccc(C#N)cc8C#N)cc76)c5)ccc4C#N)c3c2)c(C#N)c1. The van der Waals surface area contributed by atoms with Crippen LogP contribution in [-0.4, -0.2) is 9.13 Å². The Bertz CT molecular complexity index is 3590. The summed E-state index contributed by atoms with van der Waals surface area (Å²) in [6.45, 7) is 0. The lowest BCUT2D eigenvalue weighted by Gasteiger charge is -2.15. The van der Waals surface area contributed by atoms with Crippen molar-refractivity contribution in [3.63, 3.8) is 0 Å². The van der Waals surface area contributed by atoms with Crippen molar-refractivity contribution in [3.05, 3.63) is 191 Å². The molecule has 0 aliphatic carbocycles. The average molecular weight is 787 g/mol. The molecule has 0 aliphatic heterocycles. The molecule has 10 rings (SSSR count). The first-order valence-electron chi connectivity index (χ1n) is 19.5. The van der Waals surface area contributed by atoms with Gasteiger partial charge in [0.1, 0.15) is 12.1 Å². The van der Waals surface area contributed by atoms with Gasteiger partial charge in [-0.2, -0.15) is 31.6 Å². The molecule has 8 heteroatoms. The van der Waals surface area contributed by atoms with Gasteiger partial charge in [-0.05, 0) is 106 Å². The van der Waals surface area contributed by atoms with Gasteiger partial charge < -0.3 is 9.13 Å². The van der Waals surface area contributed by atoms with Crippen LogP contribution in [0.25, 0.3) is 88.4 Å². The molecule has 0 atom stereocenters. The summed E-state index contributed by atoms with van der Waals surface area (Å²) in [5.41, 5.74) is 12.0. The summed E-state index contributed by atoms with van der Waals surface area (Å²) < 4.78 is 4.17. The van der Waals surface area contributed by atoms with Gasteiger partial charge in [0, 0.05) is 21.5 Å². The second kappa shape index (κ2) is 14.6. The Morgan fingerprint density at radius 1 is 0.290 bits per heavy atom.